The lowest BCUT2D eigenvalue weighted by molar-refractivity contribution is -0.123. The van der Waals surface area contributed by atoms with Crippen molar-refractivity contribution >= 4 is 5.91 Å². The third kappa shape index (κ3) is 4.70. The van der Waals surface area contributed by atoms with Crippen molar-refractivity contribution in [3.63, 3.8) is 0 Å². The van der Waals surface area contributed by atoms with Gasteiger partial charge in [0, 0.05) is 13.1 Å². The number of nitrogens with zero attached hydrogens (tertiary/aromatic N) is 1. The summed E-state index contributed by atoms with van der Waals surface area (Å²) in [6.07, 6.45) is 1.96. The summed E-state index contributed by atoms with van der Waals surface area (Å²) in [5.74, 6) is 0.00324. The number of fused-ring (bicyclic) bond motifs is 1. The van der Waals surface area contributed by atoms with Crippen molar-refractivity contribution in [3.05, 3.63) is 71.0 Å². The molecule has 0 saturated carbocycles. The highest BCUT2D eigenvalue weighted by atomic mass is 19.1. The molecule has 0 fully saturated rings. The molecule has 1 aliphatic rings. The molecule has 1 aliphatic heterocycles. The molecule has 0 aromatic heterocycles. The summed E-state index contributed by atoms with van der Waals surface area (Å²) < 4.78 is 13.2. The van der Waals surface area contributed by atoms with Crippen LogP contribution in [-0.2, 0) is 17.6 Å². The molecule has 1 heterocycles. The Kier molecular flexibility index (Phi) is 6.04. The predicted molar refractivity (Wildman–Crippen MR) is 102 cm³/mol. The van der Waals surface area contributed by atoms with Gasteiger partial charge in [0.25, 0.3) is 0 Å². The molecule has 4 heteroatoms. The maximum atomic E-state index is 13.2. The summed E-state index contributed by atoms with van der Waals surface area (Å²) in [5.41, 5.74) is 3.72. The van der Waals surface area contributed by atoms with Gasteiger partial charge in [-0.1, -0.05) is 50.2 Å². The number of hydrogen-bond acceptors (Lipinski definition) is 2. The van der Waals surface area contributed by atoms with Crippen molar-refractivity contribution in [1.82, 2.24) is 10.2 Å². The van der Waals surface area contributed by atoms with Crippen molar-refractivity contribution in [3.8, 4) is 0 Å². The van der Waals surface area contributed by atoms with Crippen LogP contribution in [0.1, 0.15) is 36.6 Å². The van der Waals surface area contributed by atoms with Crippen molar-refractivity contribution < 1.29 is 9.18 Å². The zero-order valence-corrected chi connectivity index (χ0v) is 15.5. The van der Waals surface area contributed by atoms with Gasteiger partial charge in [-0.3, -0.25) is 9.69 Å². The smallest absolute Gasteiger partial charge is 0.234 e. The number of rotatable bonds is 5. The van der Waals surface area contributed by atoms with Crippen molar-refractivity contribution in [2.75, 3.05) is 19.6 Å². The standard InChI is InChI=1S/C22H27FN2O/c1-16(2)22(19-7-9-20(23)10-8-19)24-21(26)15-25-13-11-17-5-3-4-6-18(17)12-14-25/h3-10,16,22H,11-15H2,1-2H3,(H,24,26). The predicted octanol–water partition coefficient (Wildman–Crippen LogP) is 3.74. The first-order chi connectivity index (χ1) is 12.5. The average Bonchev–Trinajstić information content (AvgIpc) is 2.83. The van der Waals surface area contributed by atoms with E-state index in [1.807, 2.05) is 0 Å². The molecule has 2 aromatic rings. The van der Waals surface area contributed by atoms with E-state index in [4.69, 9.17) is 0 Å². The van der Waals surface area contributed by atoms with Gasteiger partial charge in [-0.2, -0.15) is 0 Å². The van der Waals surface area contributed by atoms with Crippen LogP contribution in [0.25, 0.3) is 0 Å². The van der Waals surface area contributed by atoms with Gasteiger partial charge in [0.15, 0.2) is 0 Å². The quantitative estimate of drug-likeness (QED) is 0.887. The fourth-order valence-corrected chi connectivity index (χ4v) is 3.60. The molecule has 1 unspecified atom stereocenters. The minimum atomic E-state index is -0.258. The van der Waals surface area contributed by atoms with Crippen LogP contribution < -0.4 is 5.32 Å². The van der Waals surface area contributed by atoms with Crippen LogP contribution in [0.2, 0.25) is 0 Å². The van der Waals surface area contributed by atoms with E-state index in [-0.39, 0.29) is 23.7 Å². The third-order valence-corrected chi connectivity index (χ3v) is 5.09. The van der Waals surface area contributed by atoms with Crippen LogP contribution in [-0.4, -0.2) is 30.4 Å². The van der Waals surface area contributed by atoms with Crippen LogP contribution in [0.5, 0.6) is 0 Å². The fraction of sp³-hybridized carbons (Fsp3) is 0.409. The average molecular weight is 354 g/mol. The second-order valence-corrected chi connectivity index (χ2v) is 7.39. The zero-order valence-electron chi connectivity index (χ0n) is 15.5. The highest BCUT2D eigenvalue weighted by Crippen LogP contribution is 2.22. The maximum Gasteiger partial charge on any atom is 0.234 e. The van der Waals surface area contributed by atoms with Gasteiger partial charge in [-0.05, 0) is 47.6 Å². The van der Waals surface area contributed by atoms with E-state index in [0.29, 0.717) is 6.54 Å². The topological polar surface area (TPSA) is 32.3 Å². The normalized spacial score (nSPS) is 16.0. The molecule has 0 spiro atoms. The van der Waals surface area contributed by atoms with Gasteiger partial charge in [-0.25, -0.2) is 4.39 Å². The number of carbonyl (C=O) groups is 1. The van der Waals surface area contributed by atoms with Crippen LogP contribution in [0.4, 0.5) is 4.39 Å². The number of hydrogen-bond donors (Lipinski definition) is 1. The summed E-state index contributed by atoms with van der Waals surface area (Å²) >= 11 is 0. The number of amides is 1. The van der Waals surface area contributed by atoms with Gasteiger partial charge in [0.2, 0.25) is 5.91 Å². The molecule has 2 aromatic carbocycles. The third-order valence-electron chi connectivity index (χ3n) is 5.09. The molecule has 26 heavy (non-hydrogen) atoms. The second kappa shape index (κ2) is 8.45. The summed E-state index contributed by atoms with van der Waals surface area (Å²) in [4.78, 5) is 14.8. The molecule has 0 aliphatic carbocycles. The molecule has 1 N–H and O–H groups in total. The van der Waals surface area contributed by atoms with Crippen LogP contribution in [0, 0.1) is 11.7 Å². The van der Waals surface area contributed by atoms with E-state index in [0.717, 1.165) is 31.5 Å². The molecule has 3 nitrogen and oxygen atoms in total. The Hall–Kier alpha value is -2.20. The molecule has 1 atom stereocenters. The Bertz CT molecular complexity index is 715. The highest BCUT2D eigenvalue weighted by molar-refractivity contribution is 5.78. The van der Waals surface area contributed by atoms with E-state index in [1.165, 1.54) is 23.3 Å². The minimum absolute atomic E-state index is 0.0268. The van der Waals surface area contributed by atoms with Crippen LogP contribution in [0.3, 0.4) is 0 Å². The van der Waals surface area contributed by atoms with Gasteiger partial charge < -0.3 is 5.32 Å². The van der Waals surface area contributed by atoms with E-state index in [1.54, 1.807) is 12.1 Å². The number of halogens is 1. The van der Waals surface area contributed by atoms with Gasteiger partial charge in [-0.15, -0.1) is 0 Å². The van der Waals surface area contributed by atoms with Gasteiger partial charge >= 0.3 is 0 Å². The first kappa shape index (κ1) is 18.6. The lowest BCUT2D eigenvalue weighted by atomic mass is 9.96. The minimum Gasteiger partial charge on any atom is -0.348 e. The second-order valence-electron chi connectivity index (χ2n) is 7.39. The summed E-state index contributed by atoms with van der Waals surface area (Å²) in [6.45, 7) is 6.33. The molecular weight excluding hydrogens is 327 g/mol. The van der Waals surface area contributed by atoms with E-state index in [9.17, 15) is 9.18 Å². The van der Waals surface area contributed by atoms with E-state index >= 15 is 0 Å². The molecule has 1 amide bonds. The summed E-state index contributed by atoms with van der Waals surface area (Å²) in [6, 6.07) is 14.8. The molecule has 0 radical (unpaired) electrons. The van der Waals surface area contributed by atoms with Crippen LogP contribution in [0.15, 0.2) is 48.5 Å². The van der Waals surface area contributed by atoms with Gasteiger partial charge in [0.05, 0.1) is 12.6 Å². The Morgan fingerprint density at radius 2 is 1.62 bits per heavy atom. The first-order valence-corrected chi connectivity index (χ1v) is 9.37. The van der Waals surface area contributed by atoms with E-state index < -0.39 is 0 Å². The molecule has 138 valence electrons. The highest BCUT2D eigenvalue weighted by Gasteiger charge is 2.21. The van der Waals surface area contributed by atoms with Crippen molar-refractivity contribution in [2.45, 2.75) is 32.7 Å². The lowest BCUT2D eigenvalue weighted by Crippen LogP contribution is -2.41. The fourth-order valence-electron chi connectivity index (χ4n) is 3.60. The van der Waals surface area contributed by atoms with E-state index in [2.05, 4.69) is 48.3 Å². The Morgan fingerprint density at radius 3 is 2.15 bits per heavy atom. The van der Waals surface area contributed by atoms with Crippen molar-refractivity contribution in [2.24, 2.45) is 5.92 Å². The number of nitrogens with one attached hydrogen (secondary N) is 1. The Balaban J connectivity index is 1.59. The first-order valence-electron chi connectivity index (χ1n) is 9.37. The van der Waals surface area contributed by atoms with Crippen molar-refractivity contribution in [1.29, 1.82) is 0 Å². The summed E-state index contributed by atoms with van der Waals surface area (Å²) in [7, 11) is 0. The monoisotopic (exact) mass is 354 g/mol. The molecule has 3 rings (SSSR count). The maximum absolute atomic E-state index is 13.2. The molecular formula is C22H27FN2O. The lowest BCUT2D eigenvalue weighted by Gasteiger charge is -2.25. The SMILES string of the molecule is CC(C)C(NC(=O)CN1CCc2ccccc2CC1)c1ccc(F)cc1. The van der Waals surface area contributed by atoms with Gasteiger partial charge in [0.1, 0.15) is 5.82 Å². The number of benzene rings is 2. The largest absolute Gasteiger partial charge is 0.348 e. The molecule has 0 saturated heterocycles. The Morgan fingerprint density at radius 1 is 1.04 bits per heavy atom. The summed E-state index contributed by atoms with van der Waals surface area (Å²) in [5, 5.41) is 3.14. The van der Waals surface area contributed by atoms with Crippen LogP contribution >= 0.6 is 0 Å². The Labute approximate surface area is 155 Å². The molecule has 0 bridgehead atoms. The number of carbonyl (C=O) groups excluding carboxylic acids is 1. The zero-order chi connectivity index (χ0) is 18.5.